The highest BCUT2D eigenvalue weighted by Crippen LogP contribution is 2.13. The molecule has 2 N–H and O–H groups in total. The van der Waals surface area contributed by atoms with Crippen LogP contribution in [0.1, 0.15) is 12.5 Å². The first-order valence-corrected chi connectivity index (χ1v) is 4.07. The lowest BCUT2D eigenvalue weighted by Crippen LogP contribution is -2.02. The molecular formula is C9H13N3O. The van der Waals surface area contributed by atoms with Gasteiger partial charge in [-0.1, -0.05) is 12.2 Å². The Kier molecular flexibility index (Phi) is 3.25. The van der Waals surface area contributed by atoms with E-state index in [1.807, 2.05) is 26.0 Å². The summed E-state index contributed by atoms with van der Waals surface area (Å²) in [5.74, 6) is 0.784. The first kappa shape index (κ1) is 9.51. The Morgan fingerprint density at radius 1 is 1.62 bits per heavy atom. The Labute approximate surface area is 77.5 Å². The molecule has 1 rings (SSSR count). The third-order valence-electron chi connectivity index (χ3n) is 1.50. The number of aromatic nitrogens is 2. The standard InChI is InChI=1S/C9H13N3O/c1-3-4-5-13-8-7(2)6-11-9(10)12-8/h3-4,6H,5H2,1-2H3,(H2,10,11,12)/b4-3+. The molecule has 0 amide bonds. The molecule has 1 heterocycles. The predicted molar refractivity (Wildman–Crippen MR) is 51.5 cm³/mol. The lowest BCUT2D eigenvalue weighted by Gasteiger charge is -2.04. The number of hydrogen-bond acceptors (Lipinski definition) is 4. The molecule has 1 aromatic rings. The van der Waals surface area contributed by atoms with Gasteiger partial charge in [-0.3, -0.25) is 0 Å². The van der Waals surface area contributed by atoms with Gasteiger partial charge >= 0.3 is 0 Å². The van der Waals surface area contributed by atoms with Gasteiger partial charge in [0.05, 0.1) is 0 Å². The molecule has 1 aromatic heterocycles. The molecule has 4 heteroatoms. The van der Waals surface area contributed by atoms with Crippen LogP contribution in [0.15, 0.2) is 18.3 Å². The van der Waals surface area contributed by atoms with E-state index in [0.717, 1.165) is 5.56 Å². The zero-order valence-corrected chi connectivity index (χ0v) is 7.82. The Bertz CT molecular complexity index is 310. The molecule has 0 aromatic carbocycles. The maximum atomic E-state index is 5.41. The average molecular weight is 179 g/mol. The SMILES string of the molecule is C/C=C/COc1nc(N)ncc1C. The van der Waals surface area contributed by atoms with E-state index in [4.69, 9.17) is 10.5 Å². The number of nitrogens with zero attached hydrogens (tertiary/aromatic N) is 2. The number of allylic oxidation sites excluding steroid dienone is 1. The summed E-state index contributed by atoms with van der Waals surface area (Å²) in [4.78, 5) is 7.79. The fourth-order valence-corrected chi connectivity index (χ4v) is 0.809. The summed E-state index contributed by atoms with van der Waals surface area (Å²) in [6, 6.07) is 0. The number of hydrogen-bond donors (Lipinski definition) is 1. The number of aryl methyl sites for hydroxylation is 1. The van der Waals surface area contributed by atoms with E-state index in [2.05, 4.69) is 9.97 Å². The molecule has 0 saturated carbocycles. The molecule has 0 unspecified atom stereocenters. The molecule has 4 nitrogen and oxygen atoms in total. The lowest BCUT2D eigenvalue weighted by atomic mass is 10.4. The van der Waals surface area contributed by atoms with Crippen LogP contribution in [0.2, 0.25) is 0 Å². The van der Waals surface area contributed by atoms with Gasteiger partial charge in [-0.25, -0.2) is 4.98 Å². The fourth-order valence-electron chi connectivity index (χ4n) is 0.809. The van der Waals surface area contributed by atoms with E-state index in [1.165, 1.54) is 0 Å². The van der Waals surface area contributed by atoms with Crippen LogP contribution in [0.4, 0.5) is 5.95 Å². The van der Waals surface area contributed by atoms with E-state index in [1.54, 1.807) is 6.20 Å². The van der Waals surface area contributed by atoms with E-state index < -0.39 is 0 Å². The highest BCUT2D eigenvalue weighted by molar-refractivity contribution is 5.28. The normalized spacial score (nSPS) is 10.6. The molecule has 0 aliphatic carbocycles. The molecular weight excluding hydrogens is 166 g/mol. The monoisotopic (exact) mass is 179 g/mol. The van der Waals surface area contributed by atoms with Crippen molar-refractivity contribution in [2.75, 3.05) is 12.3 Å². The van der Waals surface area contributed by atoms with Crippen molar-refractivity contribution < 1.29 is 4.74 Å². The molecule has 0 radical (unpaired) electrons. The van der Waals surface area contributed by atoms with Crippen LogP contribution >= 0.6 is 0 Å². The molecule has 70 valence electrons. The molecule has 0 saturated heterocycles. The second-order valence-corrected chi connectivity index (χ2v) is 2.60. The van der Waals surface area contributed by atoms with Gasteiger partial charge in [0.25, 0.3) is 0 Å². The number of nitrogens with two attached hydrogens (primary N) is 1. The van der Waals surface area contributed by atoms with Crippen molar-refractivity contribution in [2.24, 2.45) is 0 Å². The lowest BCUT2D eigenvalue weighted by molar-refractivity contribution is 0.345. The molecule has 0 fully saturated rings. The van der Waals surface area contributed by atoms with Gasteiger partial charge in [-0.15, -0.1) is 0 Å². The van der Waals surface area contributed by atoms with Crippen LogP contribution in [0, 0.1) is 6.92 Å². The van der Waals surface area contributed by atoms with Crippen molar-refractivity contribution in [2.45, 2.75) is 13.8 Å². The van der Waals surface area contributed by atoms with Crippen LogP contribution in [-0.2, 0) is 0 Å². The van der Waals surface area contributed by atoms with E-state index in [9.17, 15) is 0 Å². The third kappa shape index (κ3) is 2.74. The van der Waals surface area contributed by atoms with Gasteiger partial charge in [0.2, 0.25) is 11.8 Å². The minimum Gasteiger partial charge on any atom is -0.473 e. The van der Waals surface area contributed by atoms with Crippen molar-refractivity contribution >= 4 is 5.95 Å². The minimum absolute atomic E-state index is 0.237. The van der Waals surface area contributed by atoms with Crippen LogP contribution < -0.4 is 10.5 Å². The van der Waals surface area contributed by atoms with Crippen molar-refractivity contribution in [3.8, 4) is 5.88 Å². The topological polar surface area (TPSA) is 61.0 Å². The summed E-state index contributed by atoms with van der Waals surface area (Å²) in [6.07, 6.45) is 5.46. The van der Waals surface area contributed by atoms with Crippen LogP contribution in [0.3, 0.4) is 0 Å². The third-order valence-corrected chi connectivity index (χ3v) is 1.50. The van der Waals surface area contributed by atoms with Crippen LogP contribution in [0.5, 0.6) is 5.88 Å². The molecule has 0 atom stereocenters. The quantitative estimate of drug-likeness (QED) is 0.711. The highest BCUT2D eigenvalue weighted by Gasteiger charge is 2.00. The second-order valence-electron chi connectivity index (χ2n) is 2.60. The summed E-state index contributed by atoms with van der Waals surface area (Å²) in [5.41, 5.74) is 6.30. The van der Waals surface area contributed by atoms with Gasteiger partial charge in [0, 0.05) is 11.8 Å². The summed E-state index contributed by atoms with van der Waals surface area (Å²) in [5, 5.41) is 0. The summed E-state index contributed by atoms with van der Waals surface area (Å²) >= 11 is 0. The minimum atomic E-state index is 0.237. The second kappa shape index (κ2) is 4.45. The van der Waals surface area contributed by atoms with E-state index >= 15 is 0 Å². The molecule has 0 aliphatic rings. The first-order valence-electron chi connectivity index (χ1n) is 4.07. The van der Waals surface area contributed by atoms with Crippen molar-refractivity contribution in [3.63, 3.8) is 0 Å². The maximum Gasteiger partial charge on any atom is 0.223 e. The van der Waals surface area contributed by atoms with Crippen molar-refractivity contribution in [1.29, 1.82) is 0 Å². The molecule has 0 aliphatic heterocycles. The summed E-state index contributed by atoms with van der Waals surface area (Å²) in [6.45, 7) is 4.32. The fraction of sp³-hybridized carbons (Fsp3) is 0.333. The van der Waals surface area contributed by atoms with Crippen molar-refractivity contribution in [3.05, 3.63) is 23.9 Å². The predicted octanol–water partition coefficient (Wildman–Crippen LogP) is 1.32. The average Bonchev–Trinajstić information content (AvgIpc) is 2.11. The van der Waals surface area contributed by atoms with Gasteiger partial charge in [-0.05, 0) is 13.8 Å². The largest absolute Gasteiger partial charge is 0.473 e. The highest BCUT2D eigenvalue weighted by atomic mass is 16.5. The Morgan fingerprint density at radius 2 is 2.38 bits per heavy atom. The zero-order valence-electron chi connectivity index (χ0n) is 7.82. The number of nitrogen functional groups attached to an aromatic ring is 1. The Balaban J connectivity index is 2.69. The Morgan fingerprint density at radius 3 is 3.08 bits per heavy atom. The van der Waals surface area contributed by atoms with Gasteiger partial charge in [0.1, 0.15) is 6.61 Å². The first-order chi connectivity index (χ1) is 6.24. The smallest absolute Gasteiger partial charge is 0.223 e. The van der Waals surface area contributed by atoms with Gasteiger partial charge in [-0.2, -0.15) is 4.98 Å². The van der Waals surface area contributed by atoms with Gasteiger partial charge in [0.15, 0.2) is 0 Å². The summed E-state index contributed by atoms with van der Waals surface area (Å²) in [7, 11) is 0. The van der Waals surface area contributed by atoms with E-state index in [0.29, 0.717) is 12.5 Å². The molecule has 0 bridgehead atoms. The molecule has 0 spiro atoms. The molecule has 13 heavy (non-hydrogen) atoms. The van der Waals surface area contributed by atoms with E-state index in [-0.39, 0.29) is 5.95 Å². The number of anilines is 1. The van der Waals surface area contributed by atoms with Gasteiger partial charge < -0.3 is 10.5 Å². The Hall–Kier alpha value is -1.58. The summed E-state index contributed by atoms with van der Waals surface area (Å²) < 4.78 is 5.34. The number of ether oxygens (including phenoxy) is 1. The van der Waals surface area contributed by atoms with Crippen LogP contribution in [-0.4, -0.2) is 16.6 Å². The van der Waals surface area contributed by atoms with Crippen LogP contribution in [0.25, 0.3) is 0 Å². The zero-order chi connectivity index (χ0) is 9.68. The number of rotatable bonds is 3. The maximum absolute atomic E-state index is 5.41. The van der Waals surface area contributed by atoms with Crippen molar-refractivity contribution in [1.82, 2.24) is 9.97 Å².